The Balaban J connectivity index is -0.0000000505. The Morgan fingerprint density at radius 1 is 0.390 bits per heavy atom. The van der Waals surface area contributed by atoms with Crippen molar-refractivity contribution in [2.45, 2.75) is 160 Å². The number of phenols is 2. The fourth-order valence-corrected chi connectivity index (χ4v) is 1.73. The van der Waals surface area contributed by atoms with Gasteiger partial charge < -0.3 is 61.5 Å². The molecule has 0 bridgehead atoms. The molecular formula is C42H82N2O12Ti3. The largest absolute Gasteiger partial charge is 0.507 e. The fourth-order valence-electron chi connectivity index (χ4n) is 1.73. The Morgan fingerprint density at radius 2 is 0.542 bits per heavy atom. The van der Waals surface area contributed by atoms with Crippen LogP contribution in [0.5, 0.6) is 11.5 Å². The van der Waals surface area contributed by atoms with E-state index in [9.17, 15) is 10.2 Å². The zero-order valence-electron chi connectivity index (χ0n) is 38.6. The average Bonchev–Trinajstić information content (AvgIpc) is 2.98. The van der Waals surface area contributed by atoms with Gasteiger partial charge in [0.1, 0.15) is 11.5 Å². The van der Waals surface area contributed by atoms with Gasteiger partial charge in [-0.05, 0) is 146 Å². The Labute approximate surface area is 401 Å². The number of aliphatic hydroxyl groups excluding tert-OH is 8. The van der Waals surface area contributed by atoms with E-state index in [-0.39, 0.29) is 125 Å². The number of hydrogen-bond donors (Lipinski definition) is 12. The molecule has 0 aliphatic carbocycles. The second-order valence-corrected chi connectivity index (χ2v) is 13.3. The molecule has 2 aromatic rings. The summed E-state index contributed by atoms with van der Waals surface area (Å²) in [5.41, 5.74) is 2.66. The Hall–Kier alpha value is -1.72. The molecule has 2 rings (SSSR count). The van der Waals surface area contributed by atoms with E-state index in [0.29, 0.717) is 11.1 Å². The van der Waals surface area contributed by atoms with E-state index in [2.05, 4.69) is 23.5 Å². The number of hydrogen-bond acceptors (Lipinski definition) is 14. The first-order valence-corrected chi connectivity index (χ1v) is 18.1. The Kier molecular flexibility index (Phi) is 90.3. The van der Waals surface area contributed by atoms with Crippen molar-refractivity contribution in [3.05, 3.63) is 71.8 Å². The van der Waals surface area contributed by atoms with E-state index < -0.39 is 0 Å². The number of aromatic hydroxyl groups is 2. The second kappa shape index (κ2) is 62.9. The molecule has 0 saturated heterocycles. The SMILES string of the molecule is C=Cc1ccc(O)c(/C=N/O)c1.C=Cc1ccc(O)c(/C=N/O)c1.CC(C)O.CC(C)O.CC(C)O.CC(C)O.CC(C)O.CC(C)O.CC(C)O.CC(C)O.[Ti].[Ti].[Ti]. The van der Waals surface area contributed by atoms with E-state index in [0.717, 1.165) is 11.1 Å². The van der Waals surface area contributed by atoms with Gasteiger partial charge in [0.25, 0.3) is 0 Å². The van der Waals surface area contributed by atoms with Gasteiger partial charge in [-0.3, -0.25) is 0 Å². The Bertz CT molecular complexity index is 1010. The molecule has 344 valence electrons. The molecule has 0 heterocycles. The van der Waals surface area contributed by atoms with Gasteiger partial charge in [-0.15, -0.1) is 0 Å². The molecule has 12 N–H and O–H groups in total. The van der Waals surface area contributed by atoms with Crippen LogP contribution < -0.4 is 0 Å². The normalized spacial score (nSPS) is 9.08. The van der Waals surface area contributed by atoms with Crippen LogP contribution in [-0.2, 0) is 65.2 Å². The second-order valence-electron chi connectivity index (χ2n) is 13.3. The maximum Gasteiger partial charge on any atom is 0.124 e. The van der Waals surface area contributed by atoms with Gasteiger partial charge in [0.2, 0.25) is 0 Å². The van der Waals surface area contributed by atoms with E-state index in [4.69, 9.17) is 51.3 Å². The van der Waals surface area contributed by atoms with Crippen LogP contribution >= 0.6 is 0 Å². The molecule has 0 amide bonds. The van der Waals surface area contributed by atoms with E-state index in [1.54, 1.807) is 147 Å². The van der Waals surface area contributed by atoms with Crippen molar-refractivity contribution >= 4 is 24.6 Å². The van der Waals surface area contributed by atoms with Crippen LogP contribution in [-0.4, -0.2) is 123 Å². The van der Waals surface area contributed by atoms with Crippen LogP contribution in [0.4, 0.5) is 0 Å². The van der Waals surface area contributed by atoms with Crippen molar-refractivity contribution in [3.8, 4) is 11.5 Å². The van der Waals surface area contributed by atoms with Gasteiger partial charge >= 0.3 is 0 Å². The fraction of sp³-hybridized carbons (Fsp3) is 0.571. The van der Waals surface area contributed by atoms with Crippen molar-refractivity contribution in [2.24, 2.45) is 10.3 Å². The van der Waals surface area contributed by atoms with Crippen LogP contribution in [0.2, 0.25) is 0 Å². The van der Waals surface area contributed by atoms with Gasteiger partial charge in [0, 0.05) is 125 Å². The first-order chi connectivity index (χ1) is 25.4. The smallest absolute Gasteiger partial charge is 0.124 e. The summed E-state index contributed by atoms with van der Waals surface area (Å²) >= 11 is 0. The molecule has 0 spiro atoms. The summed E-state index contributed by atoms with van der Waals surface area (Å²) < 4.78 is 0. The van der Waals surface area contributed by atoms with Crippen LogP contribution in [0.3, 0.4) is 0 Å². The summed E-state index contributed by atoms with van der Waals surface area (Å²) in [6, 6.07) is 9.82. The molecule has 0 atom stereocenters. The molecule has 59 heavy (non-hydrogen) atoms. The van der Waals surface area contributed by atoms with Crippen LogP contribution in [0.25, 0.3) is 12.2 Å². The average molecular weight is 951 g/mol. The summed E-state index contributed by atoms with van der Waals surface area (Å²) in [7, 11) is 0. The van der Waals surface area contributed by atoms with E-state index in [1.165, 1.54) is 24.6 Å². The zero-order valence-corrected chi connectivity index (χ0v) is 43.3. The van der Waals surface area contributed by atoms with Crippen molar-refractivity contribution in [1.82, 2.24) is 0 Å². The monoisotopic (exact) mass is 950 g/mol. The molecule has 0 fully saturated rings. The first-order valence-electron chi connectivity index (χ1n) is 18.1. The third-order valence-electron chi connectivity index (χ3n) is 2.97. The maximum atomic E-state index is 9.22. The summed E-state index contributed by atoms with van der Waals surface area (Å²) in [5.74, 6) is 0.164. The molecule has 2 aromatic carbocycles. The molecule has 17 heteroatoms. The number of benzene rings is 2. The van der Waals surface area contributed by atoms with Gasteiger partial charge in [-0.2, -0.15) is 0 Å². The van der Waals surface area contributed by atoms with Crippen molar-refractivity contribution in [1.29, 1.82) is 0 Å². The Morgan fingerprint density at radius 3 is 0.661 bits per heavy atom. The molecule has 14 nitrogen and oxygen atoms in total. The predicted octanol–water partition coefficient (Wildman–Crippen LogP) is 6.78. The third-order valence-corrected chi connectivity index (χ3v) is 2.97. The maximum absolute atomic E-state index is 9.22. The number of phenolic OH excluding ortho intramolecular Hbond substituents is 2. The van der Waals surface area contributed by atoms with Crippen LogP contribution in [0, 0.1) is 0 Å². The molecule has 0 aliphatic heterocycles. The van der Waals surface area contributed by atoms with E-state index >= 15 is 0 Å². The molecule has 0 saturated carbocycles. The van der Waals surface area contributed by atoms with Crippen molar-refractivity contribution in [3.63, 3.8) is 0 Å². The molecule has 0 aliphatic rings. The number of oxime groups is 2. The number of rotatable bonds is 4. The standard InChI is InChI=1S/2C9H9NO2.8C3H8O.3Ti/c2*1-2-7-3-4-9(11)8(5-7)6-10-12;8*1-3(2)4;;;/h2*2-6,11-12H,1H2;8*3-4H,1-2H3;;;/b2*10-6+;;;;;;;;;;;. The van der Waals surface area contributed by atoms with Gasteiger partial charge in [-0.25, -0.2) is 0 Å². The molecule has 0 unspecified atom stereocenters. The van der Waals surface area contributed by atoms with Gasteiger partial charge in [0.05, 0.1) is 12.4 Å². The number of aliphatic hydroxyl groups is 8. The third kappa shape index (κ3) is 141. The quantitative estimate of drug-likeness (QED) is 0.0655. The topological polar surface area (TPSA) is 267 Å². The molecular weight excluding hydrogens is 868 g/mol. The minimum atomic E-state index is -0.167. The predicted molar refractivity (Wildman–Crippen MR) is 234 cm³/mol. The van der Waals surface area contributed by atoms with E-state index in [1.807, 2.05) is 0 Å². The summed E-state index contributed by atoms with van der Waals surface area (Å²) in [6.07, 6.45) is 4.30. The number of nitrogens with zero attached hydrogens (tertiary/aromatic N) is 2. The summed E-state index contributed by atoms with van der Waals surface area (Å²) in [5, 5.41) is 105. The summed E-state index contributed by atoms with van der Waals surface area (Å²) in [6.45, 7) is 34.7. The minimum Gasteiger partial charge on any atom is -0.507 e. The van der Waals surface area contributed by atoms with Gasteiger partial charge in [0.15, 0.2) is 0 Å². The zero-order chi connectivity index (χ0) is 46.6. The van der Waals surface area contributed by atoms with Crippen molar-refractivity contribution < 1.29 is 127 Å². The summed E-state index contributed by atoms with van der Waals surface area (Å²) in [4.78, 5) is 0. The van der Waals surface area contributed by atoms with Gasteiger partial charge in [-0.1, -0.05) is 47.8 Å². The van der Waals surface area contributed by atoms with Crippen LogP contribution in [0.1, 0.15) is 133 Å². The van der Waals surface area contributed by atoms with Crippen molar-refractivity contribution in [2.75, 3.05) is 0 Å². The van der Waals surface area contributed by atoms with Crippen LogP contribution in [0.15, 0.2) is 59.9 Å². The minimum absolute atomic E-state index is 0. The molecule has 0 radical (unpaired) electrons. The molecule has 0 aromatic heterocycles. The first kappa shape index (κ1) is 84.7.